The Morgan fingerprint density at radius 1 is 1.04 bits per heavy atom. The Labute approximate surface area is 157 Å². The molecule has 0 saturated heterocycles. The Balaban J connectivity index is 2.15. The van der Waals surface area contributed by atoms with Gasteiger partial charge in [-0.3, -0.25) is 4.79 Å². The topological polar surface area (TPSA) is 55.4 Å². The summed E-state index contributed by atoms with van der Waals surface area (Å²) in [5.74, 6) is -2.72. The van der Waals surface area contributed by atoms with Crippen molar-refractivity contribution in [3.63, 3.8) is 0 Å². The van der Waals surface area contributed by atoms with E-state index >= 15 is 0 Å². The van der Waals surface area contributed by atoms with E-state index in [-0.39, 0.29) is 13.0 Å². The molecule has 0 radical (unpaired) electrons. The minimum absolute atomic E-state index is 0.194. The molecule has 2 aromatic carbocycles. The van der Waals surface area contributed by atoms with Crippen molar-refractivity contribution in [3.8, 4) is 0 Å². The number of carbonyl (C=O) groups excluding carboxylic acids is 2. The number of Topliss-reactive ketones (excluding diaryl/α,β-unsaturated/α-hetero) is 1. The van der Waals surface area contributed by atoms with E-state index in [4.69, 9.17) is 4.74 Å². The summed E-state index contributed by atoms with van der Waals surface area (Å²) in [5.41, 5.74) is 0.301. The molecule has 2 aromatic rings. The predicted molar refractivity (Wildman–Crippen MR) is 98.6 cm³/mol. The number of nitrogens with one attached hydrogen (secondary N) is 1. The van der Waals surface area contributed by atoms with Gasteiger partial charge in [0.1, 0.15) is 11.6 Å². The largest absolute Gasteiger partial charge is 0.450 e. The molecule has 0 fully saturated rings. The SMILES string of the molecule is CCCCOC(=O)NC(CCc1ccccc1)C(=O)c1c(F)cccc1F. The van der Waals surface area contributed by atoms with Crippen molar-refractivity contribution in [1.82, 2.24) is 5.32 Å². The van der Waals surface area contributed by atoms with Crippen LogP contribution in [-0.2, 0) is 11.2 Å². The van der Waals surface area contributed by atoms with Gasteiger partial charge in [-0.05, 0) is 37.0 Å². The van der Waals surface area contributed by atoms with Crippen LogP contribution in [0.5, 0.6) is 0 Å². The van der Waals surface area contributed by atoms with Gasteiger partial charge in [0.25, 0.3) is 0 Å². The van der Waals surface area contributed by atoms with Crippen LogP contribution in [0.4, 0.5) is 13.6 Å². The molecule has 27 heavy (non-hydrogen) atoms. The molecule has 0 aromatic heterocycles. The molecule has 2 rings (SSSR count). The van der Waals surface area contributed by atoms with Gasteiger partial charge in [0.15, 0.2) is 5.78 Å². The quantitative estimate of drug-likeness (QED) is 0.512. The molecule has 1 N–H and O–H groups in total. The Hall–Kier alpha value is -2.76. The van der Waals surface area contributed by atoms with Crippen LogP contribution in [0.3, 0.4) is 0 Å². The van der Waals surface area contributed by atoms with Crippen molar-refractivity contribution in [3.05, 3.63) is 71.3 Å². The molecule has 0 spiro atoms. The first-order chi connectivity index (χ1) is 13.0. The van der Waals surface area contributed by atoms with Crippen molar-refractivity contribution in [1.29, 1.82) is 0 Å². The number of halogens is 2. The van der Waals surface area contributed by atoms with E-state index in [1.165, 1.54) is 6.07 Å². The molecule has 1 unspecified atom stereocenters. The summed E-state index contributed by atoms with van der Waals surface area (Å²) < 4.78 is 33.0. The smallest absolute Gasteiger partial charge is 0.407 e. The minimum atomic E-state index is -1.09. The highest BCUT2D eigenvalue weighted by Gasteiger charge is 2.27. The first-order valence-electron chi connectivity index (χ1n) is 8.98. The average Bonchev–Trinajstić information content (AvgIpc) is 2.66. The summed E-state index contributed by atoms with van der Waals surface area (Å²) >= 11 is 0. The fourth-order valence-electron chi connectivity index (χ4n) is 2.63. The average molecular weight is 375 g/mol. The van der Waals surface area contributed by atoms with Crippen LogP contribution in [0.2, 0.25) is 0 Å². The highest BCUT2D eigenvalue weighted by Crippen LogP contribution is 2.17. The molecule has 0 bridgehead atoms. The highest BCUT2D eigenvalue weighted by atomic mass is 19.1. The molecule has 0 heterocycles. The fourth-order valence-corrected chi connectivity index (χ4v) is 2.63. The van der Waals surface area contributed by atoms with Gasteiger partial charge in [-0.15, -0.1) is 0 Å². The number of amides is 1. The number of alkyl carbamates (subject to hydrolysis) is 1. The molecule has 6 heteroatoms. The molecule has 1 atom stereocenters. The van der Waals surface area contributed by atoms with E-state index in [2.05, 4.69) is 5.32 Å². The maximum atomic E-state index is 14.0. The molecule has 0 aliphatic heterocycles. The molecule has 4 nitrogen and oxygen atoms in total. The second-order valence-electron chi connectivity index (χ2n) is 6.17. The van der Waals surface area contributed by atoms with Gasteiger partial charge < -0.3 is 10.1 Å². The molecule has 0 aliphatic carbocycles. The summed E-state index contributed by atoms with van der Waals surface area (Å²) in [6.07, 6.45) is 1.43. The van der Waals surface area contributed by atoms with Gasteiger partial charge >= 0.3 is 6.09 Å². The lowest BCUT2D eigenvalue weighted by Gasteiger charge is -2.18. The third-order valence-electron chi connectivity index (χ3n) is 4.11. The molecule has 1 amide bonds. The number of unbranched alkanes of at least 4 members (excludes halogenated alkanes) is 1. The van der Waals surface area contributed by atoms with E-state index in [0.717, 1.165) is 24.1 Å². The number of hydrogen-bond donors (Lipinski definition) is 1. The number of ketones is 1. The minimum Gasteiger partial charge on any atom is -0.450 e. The number of rotatable bonds is 9. The van der Waals surface area contributed by atoms with Crippen molar-refractivity contribution < 1.29 is 23.1 Å². The highest BCUT2D eigenvalue weighted by molar-refractivity contribution is 6.01. The molecule has 0 saturated carbocycles. The van der Waals surface area contributed by atoms with Crippen LogP contribution in [0.1, 0.15) is 42.1 Å². The van der Waals surface area contributed by atoms with Crippen LogP contribution in [0.25, 0.3) is 0 Å². The fraction of sp³-hybridized carbons (Fsp3) is 0.333. The summed E-state index contributed by atoms with van der Waals surface area (Å²) in [5, 5.41) is 2.45. The van der Waals surface area contributed by atoms with Crippen LogP contribution in [0, 0.1) is 11.6 Å². The lowest BCUT2D eigenvalue weighted by molar-refractivity contribution is 0.0906. The Bertz CT molecular complexity index is 745. The van der Waals surface area contributed by atoms with E-state index in [1.54, 1.807) is 0 Å². The summed E-state index contributed by atoms with van der Waals surface area (Å²) in [6.45, 7) is 2.17. The first kappa shape index (κ1) is 20.6. The number of carbonyl (C=O) groups is 2. The van der Waals surface area contributed by atoms with Crippen molar-refractivity contribution in [2.45, 2.75) is 38.6 Å². The standard InChI is InChI=1S/C21H23F2NO3/c1-2-3-14-27-21(26)24-18(13-12-15-8-5-4-6-9-15)20(25)19-16(22)10-7-11-17(19)23/h4-11,18H,2-3,12-14H2,1H3,(H,24,26). The molecular formula is C21H23F2NO3. The van der Waals surface area contributed by atoms with Crippen LogP contribution in [0.15, 0.2) is 48.5 Å². The van der Waals surface area contributed by atoms with Crippen molar-refractivity contribution >= 4 is 11.9 Å². The zero-order chi connectivity index (χ0) is 19.6. The number of ether oxygens (including phenoxy) is 1. The Morgan fingerprint density at radius 2 is 1.70 bits per heavy atom. The van der Waals surface area contributed by atoms with Crippen LogP contribution in [-0.4, -0.2) is 24.5 Å². The lowest BCUT2D eigenvalue weighted by atomic mass is 9.97. The summed E-state index contributed by atoms with van der Waals surface area (Å²) in [7, 11) is 0. The van der Waals surface area contributed by atoms with Crippen molar-refractivity contribution in [2.24, 2.45) is 0 Å². The van der Waals surface area contributed by atoms with Crippen LogP contribution >= 0.6 is 0 Å². The number of aryl methyl sites for hydroxylation is 1. The van der Waals surface area contributed by atoms with E-state index in [9.17, 15) is 18.4 Å². The lowest BCUT2D eigenvalue weighted by Crippen LogP contribution is -2.42. The maximum Gasteiger partial charge on any atom is 0.407 e. The molecule has 144 valence electrons. The van der Waals surface area contributed by atoms with Gasteiger partial charge in [0.2, 0.25) is 0 Å². The number of benzene rings is 2. The van der Waals surface area contributed by atoms with Gasteiger partial charge in [-0.2, -0.15) is 0 Å². The zero-order valence-corrected chi connectivity index (χ0v) is 15.2. The Kier molecular flexibility index (Phi) is 7.92. The second kappa shape index (κ2) is 10.4. The molecular weight excluding hydrogens is 352 g/mol. The number of hydrogen-bond acceptors (Lipinski definition) is 3. The summed E-state index contributed by atoms with van der Waals surface area (Å²) in [4.78, 5) is 24.7. The zero-order valence-electron chi connectivity index (χ0n) is 15.2. The third-order valence-corrected chi connectivity index (χ3v) is 4.11. The third kappa shape index (κ3) is 6.16. The van der Waals surface area contributed by atoms with Crippen LogP contribution < -0.4 is 5.32 Å². The van der Waals surface area contributed by atoms with Gasteiger partial charge in [0.05, 0.1) is 18.2 Å². The maximum absolute atomic E-state index is 14.0. The normalized spacial score (nSPS) is 11.7. The summed E-state index contributed by atoms with van der Waals surface area (Å²) in [6, 6.07) is 11.5. The van der Waals surface area contributed by atoms with E-state index in [0.29, 0.717) is 12.8 Å². The second-order valence-corrected chi connectivity index (χ2v) is 6.17. The monoisotopic (exact) mass is 375 g/mol. The Morgan fingerprint density at radius 3 is 2.33 bits per heavy atom. The predicted octanol–water partition coefficient (Wildman–Crippen LogP) is 4.68. The van der Waals surface area contributed by atoms with E-state index in [1.807, 2.05) is 37.3 Å². The first-order valence-corrected chi connectivity index (χ1v) is 8.98. The van der Waals surface area contributed by atoms with Gasteiger partial charge in [0, 0.05) is 0 Å². The van der Waals surface area contributed by atoms with Gasteiger partial charge in [-0.1, -0.05) is 49.7 Å². The molecule has 0 aliphatic rings. The van der Waals surface area contributed by atoms with Gasteiger partial charge in [-0.25, -0.2) is 13.6 Å². The van der Waals surface area contributed by atoms with Crippen molar-refractivity contribution in [2.75, 3.05) is 6.61 Å². The van der Waals surface area contributed by atoms with E-state index < -0.39 is 35.1 Å².